The van der Waals surface area contributed by atoms with Gasteiger partial charge in [0.2, 0.25) is 5.90 Å². The minimum absolute atomic E-state index is 0.0230. The molecular weight excluding hydrogens is 433 g/mol. The van der Waals surface area contributed by atoms with Crippen LogP contribution in [0.3, 0.4) is 0 Å². The molecular formula is C25H19ClFNO4. The highest BCUT2D eigenvalue weighted by atomic mass is 35.5. The molecule has 4 rings (SSSR count). The summed E-state index contributed by atoms with van der Waals surface area (Å²) in [6, 6.07) is 17.2. The van der Waals surface area contributed by atoms with Gasteiger partial charge in [-0.05, 0) is 48.4 Å². The van der Waals surface area contributed by atoms with Crippen LogP contribution in [0.1, 0.15) is 22.3 Å². The number of aryl methyl sites for hydroxylation is 1. The van der Waals surface area contributed by atoms with E-state index in [4.69, 9.17) is 25.8 Å². The smallest absolute Gasteiger partial charge is 0.363 e. The Morgan fingerprint density at radius 1 is 1.12 bits per heavy atom. The number of methoxy groups -OCH3 is 1. The number of carbonyl (C=O) groups is 1. The quantitative estimate of drug-likeness (QED) is 0.355. The first-order valence-electron chi connectivity index (χ1n) is 9.78. The summed E-state index contributed by atoms with van der Waals surface area (Å²) >= 11 is 6.44. The van der Waals surface area contributed by atoms with Crippen molar-refractivity contribution in [1.82, 2.24) is 0 Å². The molecule has 0 radical (unpaired) electrons. The summed E-state index contributed by atoms with van der Waals surface area (Å²) < 4.78 is 30.5. The fraction of sp³-hybridized carbons (Fsp3) is 0.120. The number of cyclic esters (lactones) is 1. The van der Waals surface area contributed by atoms with Crippen LogP contribution < -0.4 is 9.47 Å². The van der Waals surface area contributed by atoms with Crippen molar-refractivity contribution >= 4 is 29.5 Å². The molecule has 0 aromatic heterocycles. The van der Waals surface area contributed by atoms with E-state index in [1.807, 2.05) is 31.2 Å². The Morgan fingerprint density at radius 3 is 2.69 bits per heavy atom. The summed E-state index contributed by atoms with van der Waals surface area (Å²) in [5.41, 5.74) is 2.82. The number of carbonyl (C=O) groups excluding carboxylic acids is 1. The molecule has 0 unspecified atom stereocenters. The van der Waals surface area contributed by atoms with Crippen LogP contribution >= 0.6 is 11.6 Å². The normalized spacial score (nSPS) is 14.3. The first kappa shape index (κ1) is 21.6. The minimum Gasteiger partial charge on any atom is -0.493 e. The van der Waals surface area contributed by atoms with Gasteiger partial charge < -0.3 is 14.2 Å². The molecule has 0 atom stereocenters. The first-order chi connectivity index (χ1) is 15.4. The lowest BCUT2D eigenvalue weighted by Crippen LogP contribution is -2.07. The number of hydrogen-bond acceptors (Lipinski definition) is 5. The van der Waals surface area contributed by atoms with Crippen molar-refractivity contribution in [2.75, 3.05) is 7.11 Å². The fourth-order valence-electron chi connectivity index (χ4n) is 3.24. The molecule has 162 valence electrons. The van der Waals surface area contributed by atoms with Crippen LogP contribution in [0.15, 0.2) is 71.4 Å². The van der Waals surface area contributed by atoms with Crippen molar-refractivity contribution in [2.45, 2.75) is 13.5 Å². The van der Waals surface area contributed by atoms with E-state index >= 15 is 0 Å². The highest BCUT2D eigenvalue weighted by molar-refractivity contribution is 6.32. The number of hydrogen-bond donors (Lipinski definition) is 0. The van der Waals surface area contributed by atoms with Crippen LogP contribution in [0.25, 0.3) is 6.08 Å². The summed E-state index contributed by atoms with van der Waals surface area (Å²) in [5, 5.41) is 0.313. The summed E-state index contributed by atoms with van der Waals surface area (Å²) in [5.74, 6) is -0.502. The third-order valence-electron chi connectivity index (χ3n) is 4.75. The van der Waals surface area contributed by atoms with Gasteiger partial charge in [0.15, 0.2) is 17.2 Å². The predicted molar refractivity (Wildman–Crippen MR) is 121 cm³/mol. The number of ether oxygens (including phenoxy) is 3. The van der Waals surface area contributed by atoms with Crippen LogP contribution in [-0.4, -0.2) is 19.0 Å². The molecule has 1 aliphatic rings. The maximum Gasteiger partial charge on any atom is 0.363 e. The Bertz CT molecular complexity index is 1250. The predicted octanol–water partition coefficient (Wildman–Crippen LogP) is 5.72. The molecule has 0 bridgehead atoms. The van der Waals surface area contributed by atoms with Crippen LogP contribution in [0.2, 0.25) is 5.02 Å². The van der Waals surface area contributed by atoms with Gasteiger partial charge in [-0.3, -0.25) is 0 Å². The Labute approximate surface area is 189 Å². The Kier molecular flexibility index (Phi) is 6.23. The number of benzene rings is 3. The first-order valence-corrected chi connectivity index (χ1v) is 10.2. The van der Waals surface area contributed by atoms with E-state index < -0.39 is 11.8 Å². The van der Waals surface area contributed by atoms with Crippen LogP contribution in [-0.2, 0) is 16.1 Å². The average molecular weight is 452 g/mol. The molecule has 1 heterocycles. The molecule has 3 aromatic carbocycles. The van der Waals surface area contributed by atoms with E-state index in [0.29, 0.717) is 28.7 Å². The molecule has 0 fully saturated rings. The molecule has 0 aliphatic carbocycles. The van der Waals surface area contributed by atoms with Gasteiger partial charge in [0.05, 0.1) is 17.7 Å². The highest BCUT2D eigenvalue weighted by Crippen LogP contribution is 2.38. The lowest BCUT2D eigenvalue weighted by Gasteiger charge is -2.13. The summed E-state index contributed by atoms with van der Waals surface area (Å²) in [4.78, 5) is 16.4. The van der Waals surface area contributed by atoms with Gasteiger partial charge >= 0.3 is 5.97 Å². The highest BCUT2D eigenvalue weighted by Gasteiger charge is 2.26. The summed E-state index contributed by atoms with van der Waals surface area (Å²) in [7, 11) is 1.50. The SMILES string of the molecule is COc1cc(/C=C2\N=C(c3ccccc3F)OC2=O)cc(Cl)c1OCc1cccc(C)c1. The largest absolute Gasteiger partial charge is 0.493 e. The van der Waals surface area contributed by atoms with E-state index in [2.05, 4.69) is 4.99 Å². The molecule has 3 aromatic rings. The monoisotopic (exact) mass is 451 g/mol. The van der Waals surface area contributed by atoms with Gasteiger partial charge in [-0.2, -0.15) is 0 Å². The van der Waals surface area contributed by atoms with Crippen molar-refractivity contribution in [1.29, 1.82) is 0 Å². The maximum absolute atomic E-state index is 14.0. The zero-order chi connectivity index (χ0) is 22.7. The number of aliphatic imine (C=N–C) groups is 1. The molecule has 0 saturated carbocycles. The third kappa shape index (κ3) is 4.65. The van der Waals surface area contributed by atoms with Crippen LogP contribution in [0, 0.1) is 12.7 Å². The Balaban J connectivity index is 1.60. The molecule has 32 heavy (non-hydrogen) atoms. The van der Waals surface area contributed by atoms with Crippen LogP contribution in [0.4, 0.5) is 4.39 Å². The van der Waals surface area contributed by atoms with E-state index in [-0.39, 0.29) is 17.2 Å². The van der Waals surface area contributed by atoms with Crippen molar-refractivity contribution in [2.24, 2.45) is 4.99 Å². The lowest BCUT2D eigenvalue weighted by molar-refractivity contribution is -0.129. The van der Waals surface area contributed by atoms with Crippen molar-refractivity contribution in [3.8, 4) is 11.5 Å². The number of esters is 1. The number of nitrogens with zero attached hydrogens (tertiary/aromatic N) is 1. The van der Waals surface area contributed by atoms with Crippen molar-refractivity contribution in [3.05, 3.63) is 99.5 Å². The van der Waals surface area contributed by atoms with Crippen LogP contribution in [0.5, 0.6) is 11.5 Å². The second kappa shape index (κ2) is 9.24. The van der Waals surface area contributed by atoms with Gasteiger partial charge in [0.1, 0.15) is 12.4 Å². The van der Waals surface area contributed by atoms with E-state index in [9.17, 15) is 9.18 Å². The zero-order valence-electron chi connectivity index (χ0n) is 17.4. The number of halogens is 2. The van der Waals surface area contributed by atoms with E-state index in [1.54, 1.807) is 24.3 Å². The average Bonchev–Trinajstić information content (AvgIpc) is 3.13. The Hall–Kier alpha value is -3.64. The van der Waals surface area contributed by atoms with E-state index in [0.717, 1.165) is 11.1 Å². The molecule has 0 N–H and O–H groups in total. The molecule has 0 spiro atoms. The van der Waals surface area contributed by atoms with E-state index in [1.165, 1.54) is 25.3 Å². The van der Waals surface area contributed by atoms with Gasteiger partial charge in [-0.15, -0.1) is 0 Å². The van der Waals surface area contributed by atoms with Gasteiger partial charge in [-0.1, -0.05) is 53.6 Å². The molecule has 0 saturated heterocycles. The zero-order valence-corrected chi connectivity index (χ0v) is 18.2. The molecule has 5 nitrogen and oxygen atoms in total. The summed E-state index contributed by atoms with van der Waals surface area (Å²) in [6.45, 7) is 2.33. The second-order valence-corrected chi connectivity index (χ2v) is 7.53. The Morgan fingerprint density at radius 2 is 1.94 bits per heavy atom. The molecule has 1 aliphatic heterocycles. The summed E-state index contributed by atoms with van der Waals surface area (Å²) in [6.07, 6.45) is 1.49. The van der Waals surface area contributed by atoms with Gasteiger partial charge in [-0.25, -0.2) is 14.2 Å². The van der Waals surface area contributed by atoms with Crippen molar-refractivity contribution in [3.63, 3.8) is 0 Å². The maximum atomic E-state index is 14.0. The van der Waals surface area contributed by atoms with Crippen molar-refractivity contribution < 1.29 is 23.4 Å². The fourth-order valence-corrected chi connectivity index (χ4v) is 3.51. The molecule has 7 heteroatoms. The number of rotatable bonds is 6. The minimum atomic E-state index is -0.682. The van der Waals surface area contributed by atoms with Gasteiger partial charge in [0.25, 0.3) is 0 Å². The lowest BCUT2D eigenvalue weighted by atomic mass is 10.1. The second-order valence-electron chi connectivity index (χ2n) is 7.13. The molecule has 0 amide bonds. The van der Waals surface area contributed by atoms with Gasteiger partial charge in [0, 0.05) is 0 Å². The topological polar surface area (TPSA) is 57.1 Å². The standard InChI is InChI=1S/C25H19ClFNO4/c1-15-6-5-7-16(10-15)14-31-23-19(26)11-17(13-22(23)30-2)12-21-25(29)32-24(28-21)18-8-3-4-9-20(18)27/h3-13H,14H2,1-2H3/b21-12-. The third-order valence-corrected chi connectivity index (χ3v) is 5.03.